The van der Waals surface area contributed by atoms with Crippen LogP contribution in [-0.2, 0) is 11.2 Å². The summed E-state index contributed by atoms with van der Waals surface area (Å²) in [5.74, 6) is 0.451. The van der Waals surface area contributed by atoms with Crippen LogP contribution >= 0.6 is 0 Å². The molecule has 1 aliphatic rings. The third kappa shape index (κ3) is 2.64. The highest BCUT2D eigenvalue weighted by molar-refractivity contribution is 5.96. The number of methoxy groups -OCH3 is 2. The molecule has 0 saturated heterocycles. The van der Waals surface area contributed by atoms with Crippen molar-refractivity contribution in [3.63, 3.8) is 0 Å². The molecule has 0 aliphatic heterocycles. The van der Waals surface area contributed by atoms with E-state index in [1.807, 2.05) is 30.3 Å². The van der Waals surface area contributed by atoms with E-state index in [0.29, 0.717) is 12.0 Å². The highest BCUT2D eigenvalue weighted by Gasteiger charge is 2.27. The minimum absolute atomic E-state index is 0.331. The Bertz CT molecular complexity index is 1010. The van der Waals surface area contributed by atoms with Gasteiger partial charge in [-0.15, -0.1) is 0 Å². The van der Waals surface area contributed by atoms with Crippen LogP contribution in [0.15, 0.2) is 48.5 Å². The van der Waals surface area contributed by atoms with Crippen molar-refractivity contribution in [3.8, 4) is 28.3 Å². The van der Waals surface area contributed by atoms with Gasteiger partial charge in [0.2, 0.25) is 0 Å². The van der Waals surface area contributed by atoms with Gasteiger partial charge in [0.05, 0.1) is 31.2 Å². The Morgan fingerprint density at radius 3 is 2.50 bits per heavy atom. The quantitative estimate of drug-likeness (QED) is 0.516. The SMILES string of the molecule is COC(=O)c1cc(-c2ccc(OC)cc2)nc2c1Cc1cc(C)ccc1-2. The molecule has 1 aliphatic carbocycles. The molecule has 0 saturated carbocycles. The summed E-state index contributed by atoms with van der Waals surface area (Å²) < 4.78 is 10.2. The molecule has 1 heterocycles. The van der Waals surface area contributed by atoms with Gasteiger partial charge in [0.1, 0.15) is 5.75 Å². The van der Waals surface area contributed by atoms with Gasteiger partial charge in [0.15, 0.2) is 0 Å². The van der Waals surface area contributed by atoms with Gasteiger partial charge in [-0.2, -0.15) is 0 Å². The summed E-state index contributed by atoms with van der Waals surface area (Å²) in [7, 11) is 3.05. The maximum atomic E-state index is 12.4. The van der Waals surface area contributed by atoms with E-state index in [2.05, 4.69) is 25.1 Å². The molecule has 0 amide bonds. The van der Waals surface area contributed by atoms with Crippen LogP contribution < -0.4 is 4.74 Å². The second-order valence-corrected chi connectivity index (χ2v) is 6.44. The van der Waals surface area contributed by atoms with Crippen molar-refractivity contribution in [3.05, 3.63) is 70.8 Å². The Hall–Kier alpha value is -3.14. The number of pyridine rings is 1. The zero-order valence-corrected chi connectivity index (χ0v) is 15.0. The van der Waals surface area contributed by atoms with Crippen LogP contribution in [0.1, 0.15) is 27.0 Å². The topological polar surface area (TPSA) is 48.4 Å². The summed E-state index contributed by atoms with van der Waals surface area (Å²) in [6, 6.07) is 15.8. The van der Waals surface area contributed by atoms with Gasteiger partial charge in [-0.3, -0.25) is 0 Å². The molecule has 130 valence electrons. The summed E-state index contributed by atoms with van der Waals surface area (Å²) >= 11 is 0. The minimum Gasteiger partial charge on any atom is -0.497 e. The third-order valence-corrected chi connectivity index (χ3v) is 4.80. The summed E-state index contributed by atoms with van der Waals surface area (Å²) in [4.78, 5) is 17.3. The molecule has 0 N–H and O–H groups in total. The number of carbonyl (C=O) groups is 1. The minimum atomic E-state index is -0.331. The summed E-state index contributed by atoms with van der Waals surface area (Å²) in [6.07, 6.45) is 0.701. The monoisotopic (exact) mass is 345 g/mol. The molecule has 1 aromatic heterocycles. The molecular formula is C22H19NO3. The lowest BCUT2D eigenvalue weighted by atomic mass is 10.0. The highest BCUT2D eigenvalue weighted by Crippen LogP contribution is 2.39. The molecular weight excluding hydrogens is 326 g/mol. The second-order valence-electron chi connectivity index (χ2n) is 6.44. The molecule has 4 nitrogen and oxygen atoms in total. The average Bonchev–Trinajstić information content (AvgIpc) is 3.04. The van der Waals surface area contributed by atoms with Gasteiger partial charge >= 0.3 is 5.97 Å². The highest BCUT2D eigenvalue weighted by atomic mass is 16.5. The fraction of sp³-hybridized carbons (Fsp3) is 0.182. The molecule has 0 atom stereocenters. The molecule has 0 bridgehead atoms. The summed E-state index contributed by atoms with van der Waals surface area (Å²) in [5.41, 5.74) is 7.56. The zero-order chi connectivity index (χ0) is 18.3. The Kier molecular flexibility index (Phi) is 3.96. The first-order valence-corrected chi connectivity index (χ1v) is 8.47. The van der Waals surface area contributed by atoms with Crippen molar-refractivity contribution in [2.24, 2.45) is 0 Å². The maximum Gasteiger partial charge on any atom is 0.338 e. The number of ether oxygens (including phenoxy) is 2. The van der Waals surface area contributed by atoms with Crippen molar-refractivity contribution in [1.29, 1.82) is 0 Å². The van der Waals surface area contributed by atoms with E-state index in [4.69, 9.17) is 14.5 Å². The number of fused-ring (bicyclic) bond motifs is 3. The van der Waals surface area contributed by atoms with E-state index in [9.17, 15) is 4.79 Å². The van der Waals surface area contributed by atoms with Crippen LogP contribution in [0.3, 0.4) is 0 Å². The summed E-state index contributed by atoms with van der Waals surface area (Å²) in [6.45, 7) is 2.07. The van der Waals surface area contributed by atoms with Gasteiger partial charge in [0.25, 0.3) is 0 Å². The van der Waals surface area contributed by atoms with Crippen LogP contribution in [0.4, 0.5) is 0 Å². The first-order chi connectivity index (χ1) is 12.6. The van der Waals surface area contributed by atoms with E-state index in [1.54, 1.807) is 7.11 Å². The lowest BCUT2D eigenvalue weighted by Gasteiger charge is -2.11. The second kappa shape index (κ2) is 6.30. The Morgan fingerprint density at radius 2 is 1.81 bits per heavy atom. The van der Waals surface area contributed by atoms with Gasteiger partial charge in [-0.25, -0.2) is 9.78 Å². The van der Waals surface area contributed by atoms with Crippen LogP contribution in [0.25, 0.3) is 22.5 Å². The fourth-order valence-electron chi connectivity index (χ4n) is 3.47. The van der Waals surface area contributed by atoms with E-state index in [1.165, 1.54) is 18.2 Å². The smallest absolute Gasteiger partial charge is 0.338 e. The Labute approximate surface area is 152 Å². The van der Waals surface area contributed by atoms with Crippen LogP contribution in [0.2, 0.25) is 0 Å². The molecule has 26 heavy (non-hydrogen) atoms. The predicted octanol–water partition coefficient (Wildman–Crippen LogP) is 4.42. The molecule has 0 spiro atoms. The lowest BCUT2D eigenvalue weighted by molar-refractivity contribution is 0.0599. The van der Waals surface area contributed by atoms with Crippen molar-refractivity contribution < 1.29 is 14.3 Å². The average molecular weight is 345 g/mol. The van der Waals surface area contributed by atoms with E-state index >= 15 is 0 Å². The number of hydrogen-bond acceptors (Lipinski definition) is 4. The fourth-order valence-corrected chi connectivity index (χ4v) is 3.47. The van der Waals surface area contributed by atoms with E-state index in [0.717, 1.165) is 33.8 Å². The molecule has 0 radical (unpaired) electrons. The van der Waals surface area contributed by atoms with E-state index < -0.39 is 0 Å². The van der Waals surface area contributed by atoms with Crippen molar-refractivity contribution >= 4 is 5.97 Å². The number of benzene rings is 2. The zero-order valence-electron chi connectivity index (χ0n) is 15.0. The lowest BCUT2D eigenvalue weighted by Crippen LogP contribution is -2.07. The standard InChI is InChI=1S/C22H19NO3/c1-13-4-9-17-15(10-13)11-18-19(22(24)26-3)12-20(23-21(17)18)14-5-7-16(25-2)8-6-14/h4-10,12H,11H2,1-3H3. The first-order valence-electron chi connectivity index (χ1n) is 8.47. The first kappa shape index (κ1) is 16.3. The number of esters is 1. The van der Waals surface area contributed by atoms with Crippen LogP contribution in [0, 0.1) is 6.92 Å². The molecule has 0 unspecified atom stereocenters. The number of rotatable bonds is 3. The van der Waals surface area contributed by atoms with Crippen LogP contribution in [-0.4, -0.2) is 25.2 Å². The van der Waals surface area contributed by atoms with Gasteiger partial charge in [-0.1, -0.05) is 23.8 Å². The van der Waals surface area contributed by atoms with Crippen molar-refractivity contribution in [1.82, 2.24) is 4.98 Å². The molecule has 3 aromatic rings. The number of nitrogens with zero attached hydrogens (tertiary/aromatic N) is 1. The Morgan fingerprint density at radius 1 is 1.04 bits per heavy atom. The third-order valence-electron chi connectivity index (χ3n) is 4.80. The number of aryl methyl sites for hydroxylation is 1. The van der Waals surface area contributed by atoms with Gasteiger partial charge in [-0.05, 0) is 48.4 Å². The molecule has 2 aromatic carbocycles. The molecule has 4 heteroatoms. The number of hydrogen-bond donors (Lipinski definition) is 0. The molecule has 0 fully saturated rings. The van der Waals surface area contributed by atoms with Crippen molar-refractivity contribution in [2.75, 3.05) is 14.2 Å². The Balaban J connectivity index is 1.91. The maximum absolute atomic E-state index is 12.4. The van der Waals surface area contributed by atoms with Crippen LogP contribution in [0.5, 0.6) is 5.75 Å². The number of carbonyl (C=O) groups excluding carboxylic acids is 1. The number of aromatic nitrogens is 1. The molecule has 4 rings (SSSR count). The van der Waals surface area contributed by atoms with Gasteiger partial charge < -0.3 is 9.47 Å². The normalized spacial score (nSPS) is 11.7. The van der Waals surface area contributed by atoms with Crippen molar-refractivity contribution in [2.45, 2.75) is 13.3 Å². The van der Waals surface area contributed by atoms with Gasteiger partial charge in [0, 0.05) is 17.5 Å². The van der Waals surface area contributed by atoms with E-state index in [-0.39, 0.29) is 5.97 Å². The largest absolute Gasteiger partial charge is 0.497 e. The predicted molar refractivity (Wildman–Crippen MR) is 101 cm³/mol. The summed E-state index contributed by atoms with van der Waals surface area (Å²) in [5, 5.41) is 0.